The molecule has 4 heterocycles. The quantitative estimate of drug-likeness (QED) is 0.135. The van der Waals surface area contributed by atoms with E-state index in [0.717, 1.165) is 36.8 Å². The number of benzene rings is 1. The maximum atomic E-state index is 14.5. The van der Waals surface area contributed by atoms with Crippen LogP contribution in [-0.4, -0.2) is 124 Å². The molecule has 70 heavy (non-hydrogen) atoms. The number of ether oxygens (including phenoxy) is 3. The zero-order chi connectivity index (χ0) is 51.6. The number of anilines is 1. The van der Waals surface area contributed by atoms with E-state index < -0.39 is 63.4 Å². The predicted octanol–water partition coefficient (Wildman–Crippen LogP) is 8.00. The number of fused-ring (bicyclic) bond motifs is 5. The molecule has 1 aliphatic carbocycles. The highest BCUT2D eigenvalue weighted by Gasteiger charge is 2.63. The number of halogens is 1. The Labute approximate surface area is 423 Å². The minimum atomic E-state index is -1.63. The van der Waals surface area contributed by atoms with Gasteiger partial charge < -0.3 is 29.1 Å². The van der Waals surface area contributed by atoms with Crippen molar-refractivity contribution in [2.45, 2.75) is 172 Å². The zero-order valence-electron chi connectivity index (χ0n) is 42.9. The van der Waals surface area contributed by atoms with E-state index in [-0.39, 0.29) is 84.2 Å². The summed E-state index contributed by atoms with van der Waals surface area (Å²) in [5.74, 6) is -1.98. The van der Waals surface area contributed by atoms with Crippen LogP contribution in [0, 0.1) is 29.6 Å². The fourth-order valence-electron chi connectivity index (χ4n) is 10.8. The van der Waals surface area contributed by atoms with Crippen LogP contribution in [0.1, 0.15) is 132 Å². The first kappa shape index (κ1) is 55.1. The second kappa shape index (κ2) is 22.3. The molecule has 0 radical (unpaired) electrons. The first-order valence-electron chi connectivity index (χ1n) is 25.0. The van der Waals surface area contributed by atoms with Crippen LogP contribution in [0.5, 0.6) is 5.75 Å². The molecule has 3 saturated heterocycles. The highest BCUT2D eigenvalue weighted by atomic mass is 35.5. The Kier molecular flexibility index (Phi) is 17.5. The number of amides is 5. The Morgan fingerprint density at radius 1 is 1.09 bits per heavy atom. The lowest BCUT2D eigenvalue weighted by Crippen LogP contribution is -2.60. The summed E-state index contributed by atoms with van der Waals surface area (Å²) >= 11 is 8.26. The lowest BCUT2D eigenvalue weighted by atomic mass is 9.77. The number of likely N-dealkylation sites (N-methyl/N-ethyl adjacent to an activating group) is 1. The minimum Gasteiger partial charge on any atom is -0.495 e. The van der Waals surface area contributed by atoms with E-state index in [9.17, 15) is 38.7 Å². The van der Waals surface area contributed by atoms with Gasteiger partial charge in [-0.3, -0.25) is 39.0 Å². The number of carbonyl (C=O) groups excluding carboxylic acids is 7. The number of carbonyl (C=O) groups is 7. The summed E-state index contributed by atoms with van der Waals surface area (Å²) in [4.78, 5) is 98.9. The number of Topliss-reactive ketones (excluding diaryl/α,β-unsaturated/α-hetero) is 2. The Bertz CT molecular complexity index is 2260. The molecule has 5 amide bonds. The van der Waals surface area contributed by atoms with E-state index >= 15 is 0 Å². The molecule has 6 rings (SSSR count). The van der Waals surface area contributed by atoms with E-state index in [1.165, 1.54) is 33.6 Å². The third-order valence-corrected chi connectivity index (χ3v) is 17.8. The molecule has 0 spiro atoms. The molecule has 17 heteroatoms. The van der Waals surface area contributed by atoms with Crippen LogP contribution in [0.3, 0.4) is 0 Å². The number of alkyl carbamates (subject to hydrolysis) is 1. The number of hydrogen-bond donors (Lipinski definition) is 2. The minimum absolute atomic E-state index is 0.0665. The average Bonchev–Trinajstić information content (AvgIpc) is 3.95. The van der Waals surface area contributed by atoms with Crippen molar-refractivity contribution in [1.82, 2.24) is 15.1 Å². The molecule has 386 valence electrons. The number of hydrogen-bond acceptors (Lipinski definition) is 12. The molecule has 1 aromatic rings. The number of nitrogens with one attached hydrogen (secondary N) is 1. The van der Waals surface area contributed by atoms with Gasteiger partial charge in [0.05, 0.1) is 35.8 Å². The highest BCUT2D eigenvalue weighted by Crippen LogP contribution is 2.52. The van der Waals surface area contributed by atoms with Crippen LogP contribution in [0.25, 0.3) is 0 Å². The van der Waals surface area contributed by atoms with Gasteiger partial charge in [0.1, 0.15) is 28.4 Å². The first-order chi connectivity index (χ1) is 32.8. The lowest BCUT2D eigenvalue weighted by Gasteiger charge is -2.41. The topological polar surface area (TPSA) is 192 Å². The molecular weight excluding hydrogens is 936 g/mol. The maximum Gasteiger partial charge on any atom is 0.409 e. The van der Waals surface area contributed by atoms with Crippen molar-refractivity contribution in [2.24, 2.45) is 29.6 Å². The number of imide groups is 1. The van der Waals surface area contributed by atoms with Gasteiger partial charge in [0.15, 0.2) is 5.78 Å². The number of methoxy groups -OCH3 is 1. The number of allylic oxidation sites excluding steroid dienone is 3. The molecule has 4 aliphatic heterocycles. The Balaban J connectivity index is 1.14. The molecule has 2 N–H and O–H groups in total. The summed E-state index contributed by atoms with van der Waals surface area (Å²) in [7, 11) is 4.72. The van der Waals surface area contributed by atoms with E-state index in [4.69, 9.17) is 25.8 Å². The van der Waals surface area contributed by atoms with Crippen molar-refractivity contribution in [3.63, 3.8) is 0 Å². The molecule has 5 aliphatic rings. The van der Waals surface area contributed by atoms with Crippen LogP contribution < -0.4 is 15.0 Å². The number of ketones is 2. The summed E-state index contributed by atoms with van der Waals surface area (Å²) in [6.45, 7) is 15.3. The van der Waals surface area contributed by atoms with Crippen molar-refractivity contribution in [2.75, 3.05) is 32.6 Å². The third kappa shape index (κ3) is 12.5. The van der Waals surface area contributed by atoms with Gasteiger partial charge in [0, 0.05) is 87.6 Å². The van der Waals surface area contributed by atoms with Crippen LogP contribution in [0.4, 0.5) is 10.5 Å². The summed E-state index contributed by atoms with van der Waals surface area (Å²) in [6.07, 6.45) is 8.15. The van der Waals surface area contributed by atoms with Crippen molar-refractivity contribution in [3.8, 4) is 5.75 Å². The fourth-order valence-corrected chi connectivity index (χ4v) is 12.5. The van der Waals surface area contributed by atoms with Gasteiger partial charge in [-0.05, 0) is 82.9 Å². The molecule has 1 aromatic carbocycles. The summed E-state index contributed by atoms with van der Waals surface area (Å²) < 4.78 is 17.3. The smallest absolute Gasteiger partial charge is 0.409 e. The molecule has 1 saturated carbocycles. The first-order valence-corrected chi connectivity index (χ1v) is 26.3. The molecule has 4 fully saturated rings. The van der Waals surface area contributed by atoms with Gasteiger partial charge >= 0.3 is 6.09 Å². The number of aliphatic hydroxyl groups is 1. The van der Waals surface area contributed by atoms with Crippen molar-refractivity contribution < 1.29 is 52.9 Å². The van der Waals surface area contributed by atoms with Crippen molar-refractivity contribution >= 4 is 70.3 Å². The van der Waals surface area contributed by atoms with Gasteiger partial charge in [-0.1, -0.05) is 70.0 Å². The molecule has 4 bridgehead atoms. The standard InChI is InChI=1S/C53H75ClN4O11S/c1-12-39(59)36-18-16-34(17-19-36)29-58-46(63)27-43(49(58)64)70-51(6,7)21-20-44(61)56(9)33(5)40(60)25-37-26-45(62)57(10)38-23-35(24-41(67-11)47(38)54)22-30(2)14-13-15-31(3)53(66)28-42(68-50(65)55-53)32(4)48-52(37,8)69-48/h13-15,23-24,31-34,36-37,42-43,48,66H,12,16-22,25-29H2,1-11H3,(H,55,65)/b15-13+,30-14+/t31-,32-,33+,34?,36?,37+,42+,43?,48+,52+,53+/m1/s1. The zero-order valence-corrected chi connectivity index (χ0v) is 44.5. The monoisotopic (exact) mass is 1010 g/mol. The van der Waals surface area contributed by atoms with Gasteiger partial charge in [-0.15, -0.1) is 11.8 Å². The molecule has 15 nitrogen and oxygen atoms in total. The van der Waals surface area contributed by atoms with Crippen LogP contribution in [0.2, 0.25) is 5.02 Å². The molecule has 0 aromatic heterocycles. The predicted molar refractivity (Wildman–Crippen MR) is 269 cm³/mol. The van der Waals surface area contributed by atoms with Gasteiger partial charge in [0.2, 0.25) is 23.6 Å². The molecular formula is C53H75ClN4O11S. The summed E-state index contributed by atoms with van der Waals surface area (Å²) in [5, 5.41) is 14.1. The summed E-state index contributed by atoms with van der Waals surface area (Å²) in [6, 6.07) is 2.79. The maximum absolute atomic E-state index is 14.5. The molecule has 1 unspecified atom stereocenters. The van der Waals surface area contributed by atoms with Crippen molar-refractivity contribution in [1.29, 1.82) is 0 Å². The number of nitrogens with zero attached hydrogens (tertiary/aromatic N) is 3. The van der Waals surface area contributed by atoms with E-state index in [1.807, 2.05) is 78.8 Å². The van der Waals surface area contributed by atoms with Crippen molar-refractivity contribution in [3.05, 3.63) is 46.5 Å². The van der Waals surface area contributed by atoms with E-state index in [1.54, 1.807) is 21.0 Å². The lowest BCUT2D eigenvalue weighted by molar-refractivity contribution is -0.139. The van der Waals surface area contributed by atoms with Crippen LogP contribution in [-0.2, 0) is 44.7 Å². The number of thioether (sulfide) groups is 1. The van der Waals surface area contributed by atoms with Crippen LogP contribution in [0.15, 0.2) is 35.9 Å². The Hall–Kier alpha value is -4.25. The van der Waals surface area contributed by atoms with Gasteiger partial charge in [-0.2, -0.15) is 0 Å². The summed E-state index contributed by atoms with van der Waals surface area (Å²) in [5.41, 5.74) is -0.417. The fraction of sp³-hybridized carbons (Fsp3) is 0.679. The number of rotatable bonds is 14. The SMILES string of the molecule is CCC(=O)C1CCC(CN2C(=O)CC(SC(C)(C)CCC(=O)N(C)[C@@H](C)C(=O)C[C@H]3CC(=O)N(C)c4cc(cc(OC)c4Cl)C/C(C)=C/C=C/[C@@H](C)[C@@]4(O)C[C@H](OC(=O)N4)[C@@H](C)[C@@H]4O[C@@]34C)C2=O)CC1. The Morgan fingerprint density at radius 3 is 2.43 bits per heavy atom. The second-order valence-electron chi connectivity index (χ2n) is 21.4. The van der Waals surface area contributed by atoms with Gasteiger partial charge in [0.25, 0.3) is 0 Å². The van der Waals surface area contributed by atoms with Gasteiger partial charge in [-0.25, -0.2) is 4.79 Å². The average molecular weight is 1010 g/mol. The second-order valence-corrected chi connectivity index (χ2v) is 23.7. The highest BCUT2D eigenvalue weighted by molar-refractivity contribution is 8.02. The molecule has 9 atom stereocenters. The largest absolute Gasteiger partial charge is 0.495 e. The number of epoxide rings is 1. The number of likely N-dealkylation sites (tertiary alicyclic amines) is 1. The normalized spacial score (nSPS) is 32.5. The van der Waals surface area contributed by atoms with E-state index in [0.29, 0.717) is 37.2 Å². The Morgan fingerprint density at radius 2 is 1.77 bits per heavy atom. The van der Waals surface area contributed by atoms with E-state index in [2.05, 4.69) is 5.32 Å². The third-order valence-electron chi connectivity index (χ3n) is 15.9. The van der Waals surface area contributed by atoms with Crippen LogP contribution >= 0.6 is 23.4 Å².